The molecule has 1 N–H and O–H groups in total. The number of hydrogen-bond acceptors (Lipinski definition) is 3. The molecule has 0 aliphatic carbocycles. The van der Waals surface area contributed by atoms with Crippen LogP contribution >= 0.6 is 0 Å². The number of amides is 4. The molecule has 0 radical (unpaired) electrons. The standard InChI is InChI=1S/C15H16FN3O3/c16-12-4-2-1-3-10(12)5-6-13(20)18-8-11(9-18)19-14(21)7-17-15(19)22/h1-4,11H,5-9H2,(H,17,22). The van der Waals surface area contributed by atoms with E-state index >= 15 is 0 Å². The van der Waals surface area contributed by atoms with Crippen molar-refractivity contribution in [1.82, 2.24) is 15.1 Å². The van der Waals surface area contributed by atoms with Crippen LogP contribution in [-0.4, -0.2) is 53.3 Å². The highest BCUT2D eigenvalue weighted by Gasteiger charge is 2.42. The summed E-state index contributed by atoms with van der Waals surface area (Å²) >= 11 is 0. The third kappa shape index (κ3) is 2.66. The Morgan fingerprint density at radius 1 is 1.27 bits per heavy atom. The zero-order chi connectivity index (χ0) is 15.7. The van der Waals surface area contributed by atoms with Crippen molar-refractivity contribution in [3.63, 3.8) is 0 Å². The summed E-state index contributed by atoms with van der Waals surface area (Å²) in [6.45, 7) is 0.737. The molecule has 2 aliphatic heterocycles. The van der Waals surface area contributed by atoms with Gasteiger partial charge in [-0.05, 0) is 18.1 Å². The largest absolute Gasteiger partial charge is 0.338 e. The minimum atomic E-state index is -0.395. The van der Waals surface area contributed by atoms with Crippen LogP contribution in [-0.2, 0) is 16.0 Å². The SMILES string of the molecule is O=C(CCc1ccccc1F)N1CC(N2C(=O)CNC2=O)C1. The lowest BCUT2D eigenvalue weighted by Gasteiger charge is -2.42. The van der Waals surface area contributed by atoms with Gasteiger partial charge in [0.25, 0.3) is 0 Å². The third-order valence-corrected chi connectivity index (χ3v) is 4.02. The van der Waals surface area contributed by atoms with Gasteiger partial charge in [-0.15, -0.1) is 0 Å². The highest BCUT2D eigenvalue weighted by atomic mass is 19.1. The quantitative estimate of drug-likeness (QED) is 0.825. The number of benzene rings is 1. The summed E-state index contributed by atoms with van der Waals surface area (Å²) in [5.74, 6) is -0.656. The molecular weight excluding hydrogens is 289 g/mol. The molecule has 2 aliphatic rings. The fourth-order valence-electron chi connectivity index (χ4n) is 2.73. The van der Waals surface area contributed by atoms with Crippen LogP contribution in [0.5, 0.6) is 0 Å². The van der Waals surface area contributed by atoms with Crippen LogP contribution in [0.25, 0.3) is 0 Å². The van der Waals surface area contributed by atoms with Gasteiger partial charge in [0.2, 0.25) is 11.8 Å². The molecule has 0 bridgehead atoms. The number of carbonyl (C=O) groups excluding carboxylic acids is 3. The maximum absolute atomic E-state index is 13.5. The maximum atomic E-state index is 13.5. The molecule has 2 heterocycles. The van der Waals surface area contributed by atoms with E-state index in [4.69, 9.17) is 0 Å². The Kier molecular flexibility index (Phi) is 3.79. The first-order valence-corrected chi connectivity index (χ1v) is 7.17. The zero-order valence-corrected chi connectivity index (χ0v) is 11.9. The lowest BCUT2D eigenvalue weighted by Crippen LogP contribution is -2.62. The van der Waals surface area contributed by atoms with E-state index in [1.807, 2.05) is 0 Å². The van der Waals surface area contributed by atoms with Crippen LogP contribution < -0.4 is 5.32 Å². The van der Waals surface area contributed by atoms with Gasteiger partial charge >= 0.3 is 6.03 Å². The number of aryl methyl sites for hydroxylation is 1. The number of likely N-dealkylation sites (tertiary alicyclic amines) is 1. The molecule has 3 rings (SSSR count). The Balaban J connectivity index is 1.49. The minimum absolute atomic E-state index is 0.0244. The van der Waals surface area contributed by atoms with E-state index in [9.17, 15) is 18.8 Å². The van der Waals surface area contributed by atoms with Crippen LogP contribution in [0.1, 0.15) is 12.0 Å². The van der Waals surface area contributed by atoms with Gasteiger partial charge < -0.3 is 10.2 Å². The molecule has 0 unspecified atom stereocenters. The highest BCUT2D eigenvalue weighted by molar-refractivity contribution is 6.02. The van der Waals surface area contributed by atoms with Gasteiger partial charge in [0, 0.05) is 19.5 Å². The van der Waals surface area contributed by atoms with Gasteiger partial charge in [-0.25, -0.2) is 9.18 Å². The Morgan fingerprint density at radius 2 is 2.00 bits per heavy atom. The van der Waals surface area contributed by atoms with Crippen molar-refractivity contribution in [2.24, 2.45) is 0 Å². The van der Waals surface area contributed by atoms with E-state index in [-0.39, 0.29) is 36.6 Å². The zero-order valence-electron chi connectivity index (χ0n) is 11.9. The van der Waals surface area contributed by atoms with E-state index in [2.05, 4.69) is 5.32 Å². The normalized spacial score (nSPS) is 18.4. The molecule has 2 fully saturated rings. The first-order chi connectivity index (χ1) is 10.6. The fraction of sp³-hybridized carbons (Fsp3) is 0.400. The lowest BCUT2D eigenvalue weighted by atomic mass is 10.0. The number of nitrogens with zero attached hydrogens (tertiary/aromatic N) is 2. The van der Waals surface area contributed by atoms with Gasteiger partial charge in [-0.1, -0.05) is 18.2 Å². The van der Waals surface area contributed by atoms with Crippen molar-refractivity contribution >= 4 is 17.8 Å². The molecule has 116 valence electrons. The summed E-state index contributed by atoms with van der Waals surface area (Å²) in [6.07, 6.45) is 0.559. The highest BCUT2D eigenvalue weighted by Crippen LogP contribution is 2.19. The van der Waals surface area contributed by atoms with E-state index in [0.29, 0.717) is 25.1 Å². The summed E-state index contributed by atoms with van der Waals surface area (Å²) < 4.78 is 13.5. The minimum Gasteiger partial charge on any atom is -0.338 e. The molecule has 1 aromatic rings. The Hall–Kier alpha value is -2.44. The topological polar surface area (TPSA) is 69.7 Å². The molecule has 0 atom stereocenters. The smallest absolute Gasteiger partial charge is 0.324 e. The number of halogens is 1. The van der Waals surface area contributed by atoms with E-state index in [1.54, 1.807) is 23.1 Å². The number of nitrogens with one attached hydrogen (secondary N) is 1. The molecule has 22 heavy (non-hydrogen) atoms. The predicted molar refractivity (Wildman–Crippen MR) is 75.3 cm³/mol. The molecule has 0 saturated carbocycles. The van der Waals surface area contributed by atoms with Crippen LogP contribution in [0, 0.1) is 5.82 Å². The Labute approximate surface area is 126 Å². The van der Waals surface area contributed by atoms with E-state index in [1.165, 1.54) is 11.0 Å². The molecule has 0 aromatic heterocycles. The van der Waals surface area contributed by atoms with E-state index < -0.39 is 6.03 Å². The van der Waals surface area contributed by atoms with Gasteiger partial charge in [-0.2, -0.15) is 0 Å². The summed E-state index contributed by atoms with van der Waals surface area (Å²) in [7, 11) is 0. The summed E-state index contributed by atoms with van der Waals surface area (Å²) in [5.41, 5.74) is 0.516. The molecule has 1 aromatic carbocycles. The van der Waals surface area contributed by atoms with Crippen molar-refractivity contribution in [2.45, 2.75) is 18.9 Å². The summed E-state index contributed by atoms with van der Waals surface area (Å²) in [4.78, 5) is 37.8. The second-order valence-corrected chi connectivity index (χ2v) is 5.47. The predicted octanol–water partition coefficient (Wildman–Crippen LogP) is 0.521. The fourth-order valence-corrected chi connectivity index (χ4v) is 2.73. The van der Waals surface area contributed by atoms with Crippen LogP contribution in [0.4, 0.5) is 9.18 Å². The number of hydrogen-bond donors (Lipinski definition) is 1. The molecule has 4 amide bonds. The van der Waals surface area contributed by atoms with Crippen LogP contribution in [0.3, 0.4) is 0 Å². The number of imide groups is 1. The monoisotopic (exact) mass is 305 g/mol. The van der Waals surface area contributed by atoms with Crippen molar-refractivity contribution in [3.8, 4) is 0 Å². The molecule has 0 spiro atoms. The third-order valence-electron chi connectivity index (χ3n) is 4.02. The second kappa shape index (κ2) is 5.75. The second-order valence-electron chi connectivity index (χ2n) is 5.47. The number of carbonyl (C=O) groups is 3. The van der Waals surface area contributed by atoms with Crippen molar-refractivity contribution in [3.05, 3.63) is 35.6 Å². The van der Waals surface area contributed by atoms with Gasteiger partial charge in [-0.3, -0.25) is 14.5 Å². The Bertz CT molecular complexity index is 612. The molecule has 2 saturated heterocycles. The average molecular weight is 305 g/mol. The number of urea groups is 1. The van der Waals surface area contributed by atoms with Crippen molar-refractivity contribution in [2.75, 3.05) is 19.6 Å². The number of rotatable bonds is 4. The average Bonchev–Trinajstić information content (AvgIpc) is 2.77. The van der Waals surface area contributed by atoms with Crippen molar-refractivity contribution in [1.29, 1.82) is 0 Å². The lowest BCUT2D eigenvalue weighted by molar-refractivity contribution is -0.142. The van der Waals surface area contributed by atoms with Gasteiger partial charge in [0.1, 0.15) is 5.82 Å². The molecule has 7 heteroatoms. The molecular formula is C15H16FN3O3. The molecule has 6 nitrogen and oxygen atoms in total. The van der Waals surface area contributed by atoms with Gasteiger partial charge in [0.05, 0.1) is 12.6 Å². The van der Waals surface area contributed by atoms with Crippen molar-refractivity contribution < 1.29 is 18.8 Å². The first kappa shape index (κ1) is 14.5. The Morgan fingerprint density at radius 3 is 2.64 bits per heavy atom. The van der Waals surface area contributed by atoms with Crippen LogP contribution in [0.2, 0.25) is 0 Å². The van der Waals surface area contributed by atoms with Gasteiger partial charge in [0.15, 0.2) is 0 Å². The first-order valence-electron chi connectivity index (χ1n) is 7.17. The van der Waals surface area contributed by atoms with Crippen LogP contribution in [0.15, 0.2) is 24.3 Å². The maximum Gasteiger partial charge on any atom is 0.324 e. The summed E-state index contributed by atoms with van der Waals surface area (Å²) in [5, 5.41) is 2.46. The summed E-state index contributed by atoms with van der Waals surface area (Å²) in [6, 6.07) is 5.74. The van der Waals surface area contributed by atoms with E-state index in [0.717, 1.165) is 0 Å².